The summed E-state index contributed by atoms with van der Waals surface area (Å²) in [5.74, 6) is 0. The van der Waals surface area contributed by atoms with E-state index in [9.17, 15) is 0 Å². The lowest BCUT2D eigenvalue weighted by atomic mass is 10.3. The van der Waals surface area contributed by atoms with E-state index in [0.717, 1.165) is 12.0 Å². The first kappa shape index (κ1) is 6.48. The Bertz CT molecular complexity index is 78.0. The molecular formula is C7H12. The molecule has 0 unspecified atom stereocenters. The second kappa shape index (κ2) is 3.66. The first-order chi connectivity index (χ1) is 3.27. The second-order valence-electron chi connectivity index (χ2n) is 1.66. The zero-order valence-corrected chi connectivity index (χ0v) is 5.07. The lowest BCUT2D eigenvalue weighted by molar-refractivity contribution is 1.22. The first-order valence-corrected chi connectivity index (χ1v) is 2.59. The van der Waals surface area contributed by atoms with E-state index < -0.39 is 0 Å². The Morgan fingerprint density at radius 2 is 2.29 bits per heavy atom. The van der Waals surface area contributed by atoms with E-state index in [2.05, 4.69) is 19.6 Å². The third kappa shape index (κ3) is 5.48. The van der Waals surface area contributed by atoms with Gasteiger partial charge in [0.25, 0.3) is 0 Å². The second-order valence-corrected chi connectivity index (χ2v) is 1.66. The number of hydrogen-bond acceptors (Lipinski definition) is 0. The van der Waals surface area contributed by atoms with Crippen molar-refractivity contribution in [2.45, 2.75) is 20.3 Å². The molecule has 0 bridgehead atoms. The Kier molecular flexibility index (Phi) is 3.39. The molecule has 0 aliphatic rings. The van der Waals surface area contributed by atoms with Crippen molar-refractivity contribution in [3.8, 4) is 0 Å². The summed E-state index contributed by atoms with van der Waals surface area (Å²) in [5.41, 5.74) is 1.13. The average molecular weight is 96.2 g/mol. The van der Waals surface area contributed by atoms with Crippen molar-refractivity contribution in [3.63, 3.8) is 0 Å². The molecule has 0 amide bonds. The molecule has 0 spiro atoms. The van der Waals surface area contributed by atoms with Gasteiger partial charge in [-0.3, -0.25) is 0 Å². The summed E-state index contributed by atoms with van der Waals surface area (Å²) in [5, 5.41) is 0. The monoisotopic (exact) mass is 96.1 g/mol. The molecule has 0 radical (unpaired) electrons. The summed E-state index contributed by atoms with van der Waals surface area (Å²) in [4.78, 5) is 0. The zero-order chi connectivity index (χ0) is 5.70. The van der Waals surface area contributed by atoms with Gasteiger partial charge in [0.1, 0.15) is 0 Å². The van der Waals surface area contributed by atoms with Gasteiger partial charge in [0.05, 0.1) is 0 Å². The largest absolute Gasteiger partial charge is 0.0961 e. The van der Waals surface area contributed by atoms with E-state index in [1.807, 2.05) is 13.0 Å². The maximum atomic E-state index is 3.71. The molecule has 7 heavy (non-hydrogen) atoms. The number of rotatable bonds is 2. The molecule has 0 N–H and O–H groups in total. The average Bonchev–Trinajstić information content (AvgIpc) is 1.61. The first-order valence-electron chi connectivity index (χ1n) is 2.59. The van der Waals surface area contributed by atoms with Gasteiger partial charge in [-0.05, 0) is 13.3 Å². The molecule has 0 fully saturated rings. The van der Waals surface area contributed by atoms with Gasteiger partial charge in [-0.15, -0.1) is 0 Å². The van der Waals surface area contributed by atoms with Crippen molar-refractivity contribution in [1.82, 2.24) is 0 Å². The maximum Gasteiger partial charge on any atom is -0.0376 e. The molecule has 0 saturated carbocycles. The maximum absolute atomic E-state index is 3.71. The Hall–Kier alpha value is -0.520. The van der Waals surface area contributed by atoms with E-state index in [-0.39, 0.29) is 0 Å². The van der Waals surface area contributed by atoms with Crippen LogP contribution in [0.25, 0.3) is 0 Å². The van der Waals surface area contributed by atoms with Crippen LogP contribution in [0.15, 0.2) is 24.3 Å². The van der Waals surface area contributed by atoms with Crippen LogP contribution in [0.3, 0.4) is 0 Å². The molecule has 0 aliphatic heterocycles. The highest BCUT2D eigenvalue weighted by Crippen LogP contribution is 1.89. The van der Waals surface area contributed by atoms with Gasteiger partial charge in [-0.25, -0.2) is 0 Å². The van der Waals surface area contributed by atoms with Crippen LogP contribution in [-0.2, 0) is 0 Å². The van der Waals surface area contributed by atoms with Crippen LogP contribution in [0.1, 0.15) is 20.3 Å². The lowest BCUT2D eigenvalue weighted by Gasteiger charge is -1.79. The highest BCUT2D eigenvalue weighted by Gasteiger charge is 1.67. The molecule has 0 atom stereocenters. The van der Waals surface area contributed by atoms with E-state index in [4.69, 9.17) is 0 Å². The molecule has 0 aromatic rings. The zero-order valence-electron chi connectivity index (χ0n) is 5.07. The normalized spacial score (nSPS) is 10.0. The van der Waals surface area contributed by atoms with Gasteiger partial charge in [0, 0.05) is 0 Å². The summed E-state index contributed by atoms with van der Waals surface area (Å²) < 4.78 is 0. The van der Waals surface area contributed by atoms with Crippen molar-refractivity contribution < 1.29 is 0 Å². The molecule has 0 saturated heterocycles. The molecule has 0 aromatic heterocycles. The van der Waals surface area contributed by atoms with E-state index in [1.165, 1.54) is 0 Å². The van der Waals surface area contributed by atoms with Gasteiger partial charge >= 0.3 is 0 Å². The smallest absolute Gasteiger partial charge is 0.0376 e. The van der Waals surface area contributed by atoms with Crippen LogP contribution in [0.2, 0.25) is 0 Å². The van der Waals surface area contributed by atoms with E-state index in [0.29, 0.717) is 0 Å². The molecule has 0 heteroatoms. The quantitative estimate of drug-likeness (QED) is 0.463. The molecule has 0 rings (SSSR count). The summed E-state index contributed by atoms with van der Waals surface area (Å²) >= 11 is 0. The minimum atomic E-state index is 1.10. The SMILES string of the molecule is C=C(C)/C=C\CC. The van der Waals surface area contributed by atoms with Crippen LogP contribution >= 0.6 is 0 Å². The molecular weight excluding hydrogens is 84.1 g/mol. The Balaban J connectivity index is 3.26. The van der Waals surface area contributed by atoms with Gasteiger partial charge in [0.15, 0.2) is 0 Å². The van der Waals surface area contributed by atoms with Crippen LogP contribution in [-0.4, -0.2) is 0 Å². The van der Waals surface area contributed by atoms with Crippen molar-refractivity contribution in [1.29, 1.82) is 0 Å². The highest BCUT2D eigenvalue weighted by atomic mass is 13.7. The van der Waals surface area contributed by atoms with E-state index >= 15 is 0 Å². The Morgan fingerprint density at radius 3 is 2.43 bits per heavy atom. The van der Waals surface area contributed by atoms with Crippen molar-refractivity contribution in [2.75, 3.05) is 0 Å². The van der Waals surface area contributed by atoms with Crippen LogP contribution < -0.4 is 0 Å². The van der Waals surface area contributed by atoms with Crippen LogP contribution in [0, 0.1) is 0 Å². The van der Waals surface area contributed by atoms with Gasteiger partial charge in [-0.2, -0.15) is 0 Å². The fourth-order valence-corrected chi connectivity index (χ4v) is 0.319. The third-order valence-corrected chi connectivity index (χ3v) is 0.638. The predicted octanol–water partition coefficient (Wildman–Crippen LogP) is 2.53. The molecule has 0 aliphatic carbocycles. The molecule has 0 nitrogen and oxygen atoms in total. The topological polar surface area (TPSA) is 0 Å². The Morgan fingerprint density at radius 1 is 1.71 bits per heavy atom. The van der Waals surface area contributed by atoms with Crippen molar-refractivity contribution in [3.05, 3.63) is 24.3 Å². The standard InChI is InChI=1S/C7H12/c1-4-5-6-7(2)3/h5-6H,2,4H2,1,3H3/b6-5-. The summed E-state index contributed by atoms with van der Waals surface area (Å²) in [6.45, 7) is 7.81. The molecule has 0 heterocycles. The fourth-order valence-electron chi connectivity index (χ4n) is 0.319. The minimum absolute atomic E-state index is 1.10. The van der Waals surface area contributed by atoms with Crippen molar-refractivity contribution in [2.24, 2.45) is 0 Å². The van der Waals surface area contributed by atoms with Crippen LogP contribution in [0.4, 0.5) is 0 Å². The van der Waals surface area contributed by atoms with Gasteiger partial charge < -0.3 is 0 Å². The van der Waals surface area contributed by atoms with Gasteiger partial charge in [0.2, 0.25) is 0 Å². The Labute approximate surface area is 45.5 Å². The molecule has 40 valence electrons. The summed E-state index contributed by atoms with van der Waals surface area (Å²) in [7, 11) is 0. The lowest BCUT2D eigenvalue weighted by Crippen LogP contribution is -1.58. The predicted molar refractivity (Wildman–Crippen MR) is 34.2 cm³/mol. The number of hydrogen-bond donors (Lipinski definition) is 0. The van der Waals surface area contributed by atoms with Crippen molar-refractivity contribution >= 4 is 0 Å². The minimum Gasteiger partial charge on any atom is -0.0961 e. The fraction of sp³-hybridized carbons (Fsp3) is 0.429. The summed E-state index contributed by atoms with van der Waals surface area (Å²) in [6, 6.07) is 0. The highest BCUT2D eigenvalue weighted by molar-refractivity contribution is 5.10. The third-order valence-electron chi connectivity index (χ3n) is 0.638. The molecule has 0 aromatic carbocycles. The van der Waals surface area contributed by atoms with Crippen LogP contribution in [0.5, 0.6) is 0 Å². The summed E-state index contributed by atoms with van der Waals surface area (Å²) in [6.07, 6.45) is 5.23. The van der Waals surface area contributed by atoms with E-state index in [1.54, 1.807) is 0 Å². The number of allylic oxidation sites excluding steroid dienone is 3. The van der Waals surface area contributed by atoms with Gasteiger partial charge in [-0.1, -0.05) is 31.2 Å².